The van der Waals surface area contributed by atoms with Crippen LogP contribution in [0.3, 0.4) is 0 Å². The lowest BCUT2D eigenvalue weighted by Gasteiger charge is -2.10. The highest BCUT2D eigenvalue weighted by atomic mass is 35.5. The zero-order valence-corrected chi connectivity index (χ0v) is 15.7. The van der Waals surface area contributed by atoms with Gasteiger partial charge in [0.15, 0.2) is 0 Å². The second-order valence-electron chi connectivity index (χ2n) is 6.40. The summed E-state index contributed by atoms with van der Waals surface area (Å²) < 4.78 is 7.09. The molecule has 3 aromatic heterocycles. The minimum Gasteiger partial charge on any atom is -0.334 e. The van der Waals surface area contributed by atoms with E-state index < -0.39 is 0 Å². The van der Waals surface area contributed by atoms with Gasteiger partial charge in [0, 0.05) is 39.9 Å². The molecule has 0 atom stereocenters. The fourth-order valence-corrected chi connectivity index (χ4v) is 3.42. The van der Waals surface area contributed by atoms with E-state index in [0.29, 0.717) is 33.4 Å². The van der Waals surface area contributed by atoms with E-state index in [0.717, 1.165) is 10.9 Å². The van der Waals surface area contributed by atoms with Crippen molar-refractivity contribution in [1.29, 1.82) is 0 Å². The molecule has 0 aliphatic carbocycles. The second-order valence-corrected chi connectivity index (χ2v) is 6.84. The predicted octanol–water partition coefficient (Wildman–Crippen LogP) is 4.76. The molecular formula is C22H13ClN4O2. The first kappa shape index (κ1) is 17.3. The summed E-state index contributed by atoms with van der Waals surface area (Å²) in [4.78, 5) is 21.6. The maximum Gasteiger partial charge on any atom is 0.262 e. The molecule has 7 heteroatoms. The van der Waals surface area contributed by atoms with Crippen LogP contribution in [0, 0.1) is 0 Å². The summed E-state index contributed by atoms with van der Waals surface area (Å²) in [7, 11) is 0. The molecule has 0 radical (unpaired) electrons. The monoisotopic (exact) mass is 400 g/mol. The third kappa shape index (κ3) is 3.09. The molecule has 5 aromatic rings. The average Bonchev–Trinajstić information content (AvgIpc) is 3.25. The number of aromatic nitrogens is 4. The van der Waals surface area contributed by atoms with Crippen molar-refractivity contribution in [3.05, 3.63) is 94.6 Å². The summed E-state index contributed by atoms with van der Waals surface area (Å²) in [6.45, 7) is 0. The summed E-state index contributed by atoms with van der Waals surface area (Å²) in [5.41, 5.74) is 1.96. The molecular weight excluding hydrogens is 388 g/mol. The van der Waals surface area contributed by atoms with Crippen molar-refractivity contribution in [2.24, 2.45) is 0 Å². The van der Waals surface area contributed by atoms with Crippen LogP contribution in [0.5, 0.6) is 0 Å². The van der Waals surface area contributed by atoms with Crippen LogP contribution in [-0.2, 0) is 0 Å². The second kappa shape index (κ2) is 7.00. The van der Waals surface area contributed by atoms with Gasteiger partial charge in [-0.25, -0.2) is 0 Å². The quantitative estimate of drug-likeness (QED) is 0.436. The van der Waals surface area contributed by atoms with Crippen molar-refractivity contribution in [2.75, 3.05) is 0 Å². The zero-order chi connectivity index (χ0) is 19.8. The van der Waals surface area contributed by atoms with E-state index in [1.807, 2.05) is 24.3 Å². The standard InChI is InChI=1S/C22H13ClN4O2/c23-15-4-3-5-16(12-15)27-13-19(17-6-1-2-7-18(17)22(27)28)21-25-20(26-29-21)14-8-10-24-11-9-14/h1-13H. The Morgan fingerprint density at radius 1 is 0.931 bits per heavy atom. The minimum atomic E-state index is -0.152. The van der Waals surface area contributed by atoms with Crippen LogP contribution in [0.15, 0.2) is 88.6 Å². The van der Waals surface area contributed by atoms with Crippen LogP contribution in [0.2, 0.25) is 5.02 Å². The average molecular weight is 401 g/mol. The molecule has 29 heavy (non-hydrogen) atoms. The smallest absolute Gasteiger partial charge is 0.262 e. The van der Waals surface area contributed by atoms with E-state index in [1.54, 1.807) is 59.6 Å². The summed E-state index contributed by atoms with van der Waals surface area (Å²) in [6.07, 6.45) is 5.04. The molecule has 5 rings (SSSR count). The number of hydrogen-bond acceptors (Lipinski definition) is 5. The first-order valence-electron chi connectivity index (χ1n) is 8.85. The molecule has 0 aliphatic rings. The predicted molar refractivity (Wildman–Crippen MR) is 111 cm³/mol. The molecule has 0 saturated heterocycles. The highest BCUT2D eigenvalue weighted by Crippen LogP contribution is 2.28. The molecule has 6 nitrogen and oxygen atoms in total. The lowest BCUT2D eigenvalue weighted by molar-refractivity contribution is 0.432. The number of rotatable bonds is 3. The van der Waals surface area contributed by atoms with E-state index in [2.05, 4.69) is 15.1 Å². The topological polar surface area (TPSA) is 73.8 Å². The van der Waals surface area contributed by atoms with E-state index in [-0.39, 0.29) is 5.56 Å². The van der Waals surface area contributed by atoms with Crippen LogP contribution in [0.25, 0.3) is 39.3 Å². The maximum absolute atomic E-state index is 13.1. The maximum atomic E-state index is 13.1. The van der Waals surface area contributed by atoms with Crippen molar-refractivity contribution in [3.8, 4) is 28.5 Å². The Bertz CT molecular complexity index is 1390. The molecule has 0 bridgehead atoms. The SMILES string of the molecule is O=c1c2ccccc2c(-c2nc(-c3ccncc3)no2)cn1-c1cccc(Cl)c1. The normalized spacial score (nSPS) is 11.1. The molecule has 2 aromatic carbocycles. The molecule has 0 amide bonds. The molecule has 0 fully saturated rings. The van der Waals surface area contributed by atoms with Crippen molar-refractivity contribution in [1.82, 2.24) is 19.7 Å². The lowest BCUT2D eigenvalue weighted by atomic mass is 10.1. The summed E-state index contributed by atoms with van der Waals surface area (Å²) in [5.74, 6) is 0.774. The van der Waals surface area contributed by atoms with Crippen LogP contribution < -0.4 is 5.56 Å². The van der Waals surface area contributed by atoms with Crippen LogP contribution in [0.1, 0.15) is 0 Å². The third-order valence-corrected chi connectivity index (χ3v) is 4.84. The van der Waals surface area contributed by atoms with Crippen molar-refractivity contribution in [3.63, 3.8) is 0 Å². The van der Waals surface area contributed by atoms with Crippen molar-refractivity contribution >= 4 is 22.4 Å². The largest absolute Gasteiger partial charge is 0.334 e. The number of halogens is 1. The van der Waals surface area contributed by atoms with Gasteiger partial charge in [0.05, 0.1) is 11.3 Å². The van der Waals surface area contributed by atoms with E-state index in [4.69, 9.17) is 16.1 Å². The zero-order valence-electron chi connectivity index (χ0n) is 15.0. The molecule has 3 heterocycles. The summed E-state index contributed by atoms with van der Waals surface area (Å²) >= 11 is 6.13. The highest BCUT2D eigenvalue weighted by molar-refractivity contribution is 6.30. The van der Waals surface area contributed by atoms with E-state index >= 15 is 0 Å². The fourth-order valence-electron chi connectivity index (χ4n) is 3.23. The van der Waals surface area contributed by atoms with Crippen LogP contribution >= 0.6 is 11.6 Å². The van der Waals surface area contributed by atoms with Crippen molar-refractivity contribution in [2.45, 2.75) is 0 Å². The van der Waals surface area contributed by atoms with Gasteiger partial charge in [-0.15, -0.1) is 0 Å². The van der Waals surface area contributed by atoms with Gasteiger partial charge in [-0.05, 0) is 36.4 Å². The number of pyridine rings is 2. The number of hydrogen-bond donors (Lipinski definition) is 0. The van der Waals surface area contributed by atoms with E-state index in [9.17, 15) is 4.79 Å². The Hall–Kier alpha value is -3.77. The third-order valence-electron chi connectivity index (χ3n) is 4.61. The Labute approximate surface area is 170 Å². The van der Waals surface area contributed by atoms with Gasteiger partial charge in [-0.2, -0.15) is 4.98 Å². The Kier molecular flexibility index (Phi) is 4.18. The number of fused-ring (bicyclic) bond motifs is 1. The molecule has 140 valence electrons. The fraction of sp³-hybridized carbons (Fsp3) is 0. The van der Waals surface area contributed by atoms with Crippen molar-refractivity contribution < 1.29 is 4.52 Å². The van der Waals surface area contributed by atoms with Crippen LogP contribution in [0.4, 0.5) is 0 Å². The Morgan fingerprint density at radius 3 is 2.52 bits per heavy atom. The molecule has 0 saturated carbocycles. The Balaban J connectivity index is 1.75. The van der Waals surface area contributed by atoms with Gasteiger partial charge < -0.3 is 4.52 Å². The molecule has 0 aliphatic heterocycles. The van der Waals surface area contributed by atoms with Gasteiger partial charge in [-0.1, -0.05) is 41.0 Å². The highest BCUT2D eigenvalue weighted by Gasteiger charge is 2.17. The van der Waals surface area contributed by atoms with Gasteiger partial charge in [-0.3, -0.25) is 14.3 Å². The van der Waals surface area contributed by atoms with Gasteiger partial charge in [0.1, 0.15) is 0 Å². The molecule has 0 N–H and O–H groups in total. The van der Waals surface area contributed by atoms with Gasteiger partial charge in [0.2, 0.25) is 5.82 Å². The summed E-state index contributed by atoms with van der Waals surface area (Å²) in [6, 6.07) is 18.1. The first-order chi connectivity index (χ1) is 14.2. The van der Waals surface area contributed by atoms with Gasteiger partial charge in [0.25, 0.3) is 11.4 Å². The van der Waals surface area contributed by atoms with Gasteiger partial charge >= 0.3 is 0 Å². The first-order valence-corrected chi connectivity index (χ1v) is 9.23. The number of nitrogens with zero attached hydrogens (tertiary/aromatic N) is 4. The number of benzene rings is 2. The minimum absolute atomic E-state index is 0.152. The lowest BCUT2D eigenvalue weighted by Crippen LogP contribution is -2.18. The molecule has 0 unspecified atom stereocenters. The molecule has 0 spiro atoms. The Morgan fingerprint density at radius 2 is 1.72 bits per heavy atom. The van der Waals surface area contributed by atoms with E-state index in [1.165, 1.54) is 0 Å². The summed E-state index contributed by atoms with van der Waals surface area (Å²) in [5, 5.41) is 5.92. The van der Waals surface area contributed by atoms with Crippen LogP contribution in [-0.4, -0.2) is 19.7 Å².